The van der Waals surface area contributed by atoms with E-state index in [-0.39, 0.29) is 17.9 Å². The number of rotatable bonds is 4. The highest BCUT2D eigenvalue weighted by atomic mass is 16.2. The van der Waals surface area contributed by atoms with Crippen molar-refractivity contribution >= 4 is 17.5 Å². The lowest BCUT2D eigenvalue weighted by Gasteiger charge is -2.24. The van der Waals surface area contributed by atoms with Crippen LogP contribution in [0.2, 0.25) is 0 Å². The Hall–Kier alpha value is -1.84. The monoisotopic (exact) mass is 274 g/mol. The molecule has 1 saturated heterocycles. The highest BCUT2D eigenvalue weighted by molar-refractivity contribution is 5.97. The van der Waals surface area contributed by atoms with Gasteiger partial charge in [0.1, 0.15) is 0 Å². The largest absolute Gasteiger partial charge is 0.339 e. The Morgan fingerprint density at radius 3 is 2.50 bits per heavy atom. The molecule has 1 fully saturated rings. The molecule has 1 atom stereocenters. The SMILES string of the molecule is CCC(C)N(C)C(=O)c1ccc(N2CCCC2=O)cc1. The van der Waals surface area contributed by atoms with Gasteiger partial charge in [-0.15, -0.1) is 0 Å². The molecule has 0 N–H and O–H groups in total. The van der Waals surface area contributed by atoms with Gasteiger partial charge in [-0.2, -0.15) is 0 Å². The van der Waals surface area contributed by atoms with Gasteiger partial charge in [-0.05, 0) is 44.0 Å². The van der Waals surface area contributed by atoms with Crippen LogP contribution in [0, 0.1) is 0 Å². The van der Waals surface area contributed by atoms with Gasteiger partial charge in [-0.25, -0.2) is 0 Å². The van der Waals surface area contributed by atoms with Crippen molar-refractivity contribution in [2.24, 2.45) is 0 Å². The molecule has 4 nitrogen and oxygen atoms in total. The Morgan fingerprint density at radius 2 is 2.00 bits per heavy atom. The number of amides is 2. The van der Waals surface area contributed by atoms with Crippen molar-refractivity contribution in [3.8, 4) is 0 Å². The first-order valence-corrected chi connectivity index (χ1v) is 7.22. The fourth-order valence-corrected chi connectivity index (χ4v) is 2.38. The Labute approximate surface area is 120 Å². The van der Waals surface area contributed by atoms with Crippen LogP contribution in [0.15, 0.2) is 24.3 Å². The van der Waals surface area contributed by atoms with E-state index in [0.717, 1.165) is 25.1 Å². The Morgan fingerprint density at radius 1 is 1.35 bits per heavy atom. The topological polar surface area (TPSA) is 40.6 Å². The second-order valence-corrected chi connectivity index (χ2v) is 5.37. The molecule has 2 amide bonds. The third-order valence-corrected chi connectivity index (χ3v) is 4.07. The molecular formula is C16H22N2O2. The van der Waals surface area contributed by atoms with Gasteiger partial charge < -0.3 is 9.80 Å². The van der Waals surface area contributed by atoms with Crippen molar-refractivity contribution in [1.29, 1.82) is 0 Å². The molecule has 108 valence electrons. The fraction of sp³-hybridized carbons (Fsp3) is 0.500. The molecule has 0 aromatic heterocycles. The molecule has 2 rings (SSSR count). The summed E-state index contributed by atoms with van der Waals surface area (Å²) >= 11 is 0. The van der Waals surface area contributed by atoms with Crippen molar-refractivity contribution in [2.75, 3.05) is 18.5 Å². The van der Waals surface area contributed by atoms with Crippen LogP contribution < -0.4 is 4.90 Å². The molecule has 0 saturated carbocycles. The zero-order valence-electron chi connectivity index (χ0n) is 12.4. The van der Waals surface area contributed by atoms with E-state index in [9.17, 15) is 9.59 Å². The summed E-state index contributed by atoms with van der Waals surface area (Å²) in [5.41, 5.74) is 1.55. The number of carbonyl (C=O) groups is 2. The summed E-state index contributed by atoms with van der Waals surface area (Å²) in [4.78, 5) is 27.5. The predicted molar refractivity (Wildman–Crippen MR) is 79.9 cm³/mol. The van der Waals surface area contributed by atoms with Gasteiger partial charge in [0.2, 0.25) is 5.91 Å². The molecule has 0 radical (unpaired) electrons. The minimum Gasteiger partial charge on any atom is -0.339 e. The number of nitrogens with zero attached hydrogens (tertiary/aromatic N) is 2. The number of anilines is 1. The normalized spacial score (nSPS) is 16.4. The Bertz CT molecular complexity index is 496. The minimum absolute atomic E-state index is 0.0265. The Kier molecular flexibility index (Phi) is 4.42. The van der Waals surface area contributed by atoms with Crippen LogP contribution in [0.1, 0.15) is 43.5 Å². The fourth-order valence-electron chi connectivity index (χ4n) is 2.38. The average molecular weight is 274 g/mol. The van der Waals surface area contributed by atoms with Gasteiger partial charge >= 0.3 is 0 Å². The molecule has 20 heavy (non-hydrogen) atoms. The van der Waals surface area contributed by atoms with E-state index < -0.39 is 0 Å². The quantitative estimate of drug-likeness (QED) is 0.847. The van der Waals surface area contributed by atoms with Crippen molar-refractivity contribution in [3.63, 3.8) is 0 Å². The summed E-state index contributed by atoms with van der Waals surface area (Å²) in [5, 5.41) is 0. The maximum atomic E-state index is 12.3. The number of benzene rings is 1. The molecule has 1 heterocycles. The first-order chi connectivity index (χ1) is 9.54. The summed E-state index contributed by atoms with van der Waals surface area (Å²) in [6, 6.07) is 7.56. The zero-order chi connectivity index (χ0) is 14.7. The molecule has 1 aromatic carbocycles. The molecule has 1 unspecified atom stereocenters. The van der Waals surface area contributed by atoms with E-state index in [4.69, 9.17) is 0 Å². The predicted octanol–water partition coefficient (Wildman–Crippen LogP) is 2.68. The first kappa shape index (κ1) is 14.6. The van der Waals surface area contributed by atoms with Gasteiger partial charge in [-0.1, -0.05) is 6.92 Å². The minimum atomic E-state index is 0.0265. The molecule has 0 aliphatic carbocycles. The molecule has 1 aliphatic heterocycles. The van der Waals surface area contributed by atoms with Crippen LogP contribution in [0.25, 0.3) is 0 Å². The van der Waals surface area contributed by atoms with Crippen molar-refractivity contribution in [2.45, 2.75) is 39.2 Å². The molecule has 4 heteroatoms. The van der Waals surface area contributed by atoms with Gasteiger partial charge in [-0.3, -0.25) is 9.59 Å². The van der Waals surface area contributed by atoms with Gasteiger partial charge in [0.15, 0.2) is 0 Å². The van der Waals surface area contributed by atoms with E-state index in [1.807, 2.05) is 38.2 Å². The smallest absolute Gasteiger partial charge is 0.253 e. The van der Waals surface area contributed by atoms with Crippen LogP contribution in [0.3, 0.4) is 0 Å². The lowest BCUT2D eigenvalue weighted by atomic mass is 10.1. The third kappa shape index (κ3) is 2.84. The van der Waals surface area contributed by atoms with E-state index in [0.29, 0.717) is 12.0 Å². The van der Waals surface area contributed by atoms with Crippen molar-refractivity contribution in [1.82, 2.24) is 4.90 Å². The van der Waals surface area contributed by atoms with E-state index in [1.54, 1.807) is 9.80 Å². The number of hydrogen-bond acceptors (Lipinski definition) is 2. The van der Waals surface area contributed by atoms with Crippen LogP contribution in [0.5, 0.6) is 0 Å². The van der Waals surface area contributed by atoms with Gasteiger partial charge in [0.25, 0.3) is 5.91 Å². The van der Waals surface area contributed by atoms with Crippen LogP contribution in [0.4, 0.5) is 5.69 Å². The Balaban J connectivity index is 2.12. The highest BCUT2D eigenvalue weighted by Gasteiger charge is 2.22. The molecular weight excluding hydrogens is 252 g/mol. The molecule has 0 spiro atoms. The standard InChI is InChI=1S/C16H22N2O2/c1-4-12(2)17(3)16(20)13-7-9-14(10-8-13)18-11-5-6-15(18)19/h7-10,12H,4-6,11H2,1-3H3. The van der Waals surface area contributed by atoms with E-state index in [2.05, 4.69) is 6.92 Å². The molecule has 1 aromatic rings. The van der Waals surface area contributed by atoms with Gasteiger partial charge in [0, 0.05) is 37.3 Å². The van der Waals surface area contributed by atoms with Crippen molar-refractivity contribution < 1.29 is 9.59 Å². The lowest BCUT2D eigenvalue weighted by Crippen LogP contribution is -2.34. The summed E-state index contributed by atoms with van der Waals surface area (Å²) in [6.45, 7) is 4.88. The van der Waals surface area contributed by atoms with Crippen LogP contribution in [-0.2, 0) is 4.79 Å². The summed E-state index contributed by atoms with van der Waals surface area (Å²) < 4.78 is 0. The van der Waals surface area contributed by atoms with Crippen LogP contribution in [-0.4, -0.2) is 36.3 Å². The van der Waals surface area contributed by atoms with Crippen LogP contribution >= 0.6 is 0 Å². The van der Waals surface area contributed by atoms with E-state index in [1.165, 1.54) is 0 Å². The maximum Gasteiger partial charge on any atom is 0.253 e. The second kappa shape index (κ2) is 6.07. The highest BCUT2D eigenvalue weighted by Crippen LogP contribution is 2.22. The van der Waals surface area contributed by atoms with Crippen molar-refractivity contribution in [3.05, 3.63) is 29.8 Å². The first-order valence-electron chi connectivity index (χ1n) is 7.22. The number of carbonyl (C=O) groups excluding carboxylic acids is 2. The third-order valence-electron chi connectivity index (χ3n) is 4.07. The summed E-state index contributed by atoms with van der Waals surface area (Å²) in [5.74, 6) is 0.194. The summed E-state index contributed by atoms with van der Waals surface area (Å²) in [6.07, 6.45) is 2.47. The second-order valence-electron chi connectivity index (χ2n) is 5.37. The molecule has 0 bridgehead atoms. The van der Waals surface area contributed by atoms with E-state index >= 15 is 0 Å². The average Bonchev–Trinajstić information content (AvgIpc) is 2.91. The lowest BCUT2D eigenvalue weighted by molar-refractivity contribution is -0.117. The summed E-state index contributed by atoms with van der Waals surface area (Å²) in [7, 11) is 1.83. The zero-order valence-corrected chi connectivity index (χ0v) is 12.4. The van der Waals surface area contributed by atoms with Gasteiger partial charge in [0.05, 0.1) is 0 Å². The molecule has 1 aliphatic rings. The number of hydrogen-bond donors (Lipinski definition) is 0. The maximum absolute atomic E-state index is 12.3.